The van der Waals surface area contributed by atoms with Crippen LogP contribution in [0.4, 0.5) is 15.8 Å². The lowest BCUT2D eigenvalue weighted by Gasteiger charge is -2.17. The molecule has 0 bridgehead atoms. The number of nitrogens with one attached hydrogen (secondary N) is 1. The van der Waals surface area contributed by atoms with E-state index in [0.717, 1.165) is 11.3 Å². The van der Waals surface area contributed by atoms with Crippen LogP contribution in [-0.2, 0) is 9.59 Å². The summed E-state index contributed by atoms with van der Waals surface area (Å²) < 4.78 is 12.9. The molecule has 0 aliphatic carbocycles. The van der Waals surface area contributed by atoms with Crippen LogP contribution in [0.5, 0.6) is 0 Å². The zero-order valence-corrected chi connectivity index (χ0v) is 12.8. The Morgan fingerprint density at radius 3 is 2.65 bits per heavy atom. The molecule has 5 heteroatoms. The Morgan fingerprint density at radius 1 is 1.22 bits per heavy atom. The molecule has 0 saturated carbocycles. The molecule has 1 N–H and O–H groups in total. The first kappa shape index (κ1) is 15.2. The van der Waals surface area contributed by atoms with E-state index in [2.05, 4.69) is 5.32 Å². The predicted octanol–water partition coefficient (Wildman–Crippen LogP) is 3.13. The summed E-state index contributed by atoms with van der Waals surface area (Å²) in [7, 11) is 0. The Bertz CT molecular complexity index is 743. The van der Waals surface area contributed by atoms with Gasteiger partial charge in [0, 0.05) is 24.3 Å². The van der Waals surface area contributed by atoms with E-state index in [1.165, 1.54) is 24.3 Å². The molecule has 0 radical (unpaired) electrons. The van der Waals surface area contributed by atoms with Crippen LogP contribution in [0.2, 0.25) is 0 Å². The van der Waals surface area contributed by atoms with Gasteiger partial charge in [-0.2, -0.15) is 0 Å². The molecule has 1 saturated heterocycles. The number of benzene rings is 2. The average Bonchev–Trinajstić information content (AvgIpc) is 2.92. The van der Waals surface area contributed by atoms with Crippen molar-refractivity contribution in [1.29, 1.82) is 0 Å². The zero-order valence-electron chi connectivity index (χ0n) is 12.8. The molecule has 1 aliphatic rings. The summed E-state index contributed by atoms with van der Waals surface area (Å²) in [4.78, 5) is 26.1. The fraction of sp³-hybridized carbons (Fsp3) is 0.222. The third-order valence-corrected chi connectivity index (χ3v) is 3.92. The molecule has 1 atom stereocenters. The molecular weight excluding hydrogens is 295 g/mol. The van der Waals surface area contributed by atoms with E-state index in [0.29, 0.717) is 12.2 Å². The lowest BCUT2D eigenvalue weighted by atomic mass is 10.1. The molecule has 1 heterocycles. The molecule has 1 fully saturated rings. The van der Waals surface area contributed by atoms with Crippen LogP contribution >= 0.6 is 0 Å². The minimum Gasteiger partial charge on any atom is -0.326 e. The fourth-order valence-corrected chi connectivity index (χ4v) is 2.71. The molecule has 23 heavy (non-hydrogen) atoms. The summed E-state index contributed by atoms with van der Waals surface area (Å²) in [6, 6.07) is 13.2. The van der Waals surface area contributed by atoms with Gasteiger partial charge in [0.25, 0.3) is 0 Å². The molecule has 118 valence electrons. The standard InChI is InChI=1S/C18H17FN2O2/c1-12-3-2-4-16(9-12)21-11-13(10-17(21)22)18(23)20-15-7-5-14(19)6-8-15/h2-9,13H,10-11H2,1H3,(H,20,23). The molecule has 2 amide bonds. The van der Waals surface area contributed by atoms with Gasteiger partial charge in [0.15, 0.2) is 0 Å². The van der Waals surface area contributed by atoms with Crippen molar-refractivity contribution in [2.45, 2.75) is 13.3 Å². The van der Waals surface area contributed by atoms with Crippen LogP contribution in [0.1, 0.15) is 12.0 Å². The van der Waals surface area contributed by atoms with E-state index >= 15 is 0 Å². The number of rotatable bonds is 3. The Balaban J connectivity index is 1.69. The van der Waals surface area contributed by atoms with Crippen molar-refractivity contribution in [2.75, 3.05) is 16.8 Å². The summed E-state index contributed by atoms with van der Waals surface area (Å²) >= 11 is 0. The first-order valence-corrected chi connectivity index (χ1v) is 7.46. The SMILES string of the molecule is Cc1cccc(N2CC(C(=O)Nc3ccc(F)cc3)CC2=O)c1. The minimum absolute atomic E-state index is 0.0603. The smallest absolute Gasteiger partial charge is 0.229 e. The molecule has 3 rings (SSSR count). The number of halogens is 1. The zero-order chi connectivity index (χ0) is 16.4. The highest BCUT2D eigenvalue weighted by Crippen LogP contribution is 2.26. The third-order valence-electron chi connectivity index (χ3n) is 3.92. The van der Waals surface area contributed by atoms with Gasteiger partial charge in [-0.25, -0.2) is 4.39 Å². The molecule has 0 aromatic heterocycles. The van der Waals surface area contributed by atoms with Crippen molar-refractivity contribution in [3.8, 4) is 0 Å². The third kappa shape index (κ3) is 3.39. The van der Waals surface area contributed by atoms with Crippen molar-refractivity contribution >= 4 is 23.2 Å². The Labute approximate surface area is 133 Å². The largest absolute Gasteiger partial charge is 0.326 e. The highest BCUT2D eigenvalue weighted by atomic mass is 19.1. The van der Waals surface area contributed by atoms with Crippen LogP contribution in [0, 0.1) is 18.7 Å². The van der Waals surface area contributed by atoms with Gasteiger partial charge in [-0.1, -0.05) is 12.1 Å². The summed E-state index contributed by atoms with van der Waals surface area (Å²) in [6.07, 6.45) is 0.182. The van der Waals surface area contributed by atoms with Gasteiger partial charge in [0.2, 0.25) is 11.8 Å². The van der Waals surface area contributed by atoms with E-state index in [-0.39, 0.29) is 24.1 Å². The maximum atomic E-state index is 12.9. The second-order valence-corrected chi connectivity index (χ2v) is 5.74. The second-order valence-electron chi connectivity index (χ2n) is 5.74. The van der Waals surface area contributed by atoms with Crippen molar-refractivity contribution < 1.29 is 14.0 Å². The van der Waals surface area contributed by atoms with E-state index in [4.69, 9.17) is 0 Å². The van der Waals surface area contributed by atoms with Crippen LogP contribution in [0.25, 0.3) is 0 Å². The fourth-order valence-electron chi connectivity index (χ4n) is 2.71. The highest BCUT2D eigenvalue weighted by Gasteiger charge is 2.35. The van der Waals surface area contributed by atoms with Gasteiger partial charge in [0.05, 0.1) is 5.92 Å². The topological polar surface area (TPSA) is 49.4 Å². The van der Waals surface area contributed by atoms with Crippen LogP contribution in [0.15, 0.2) is 48.5 Å². The summed E-state index contributed by atoms with van der Waals surface area (Å²) in [6.45, 7) is 2.32. The molecule has 2 aromatic carbocycles. The number of hydrogen-bond donors (Lipinski definition) is 1. The minimum atomic E-state index is -0.409. The van der Waals surface area contributed by atoms with Crippen molar-refractivity contribution in [3.05, 3.63) is 59.9 Å². The maximum Gasteiger partial charge on any atom is 0.229 e. The van der Waals surface area contributed by atoms with Crippen molar-refractivity contribution in [3.63, 3.8) is 0 Å². The lowest BCUT2D eigenvalue weighted by molar-refractivity contribution is -0.122. The second kappa shape index (κ2) is 6.20. The summed E-state index contributed by atoms with van der Waals surface area (Å²) in [5, 5.41) is 2.73. The molecule has 0 spiro atoms. The van der Waals surface area contributed by atoms with Crippen molar-refractivity contribution in [2.24, 2.45) is 5.92 Å². The number of hydrogen-bond acceptors (Lipinski definition) is 2. The van der Waals surface area contributed by atoms with Gasteiger partial charge in [-0.3, -0.25) is 9.59 Å². The van der Waals surface area contributed by atoms with E-state index in [1.807, 2.05) is 31.2 Å². The van der Waals surface area contributed by atoms with Gasteiger partial charge in [-0.05, 0) is 48.9 Å². The maximum absolute atomic E-state index is 12.9. The van der Waals surface area contributed by atoms with E-state index in [1.54, 1.807) is 4.90 Å². The quantitative estimate of drug-likeness (QED) is 0.946. The number of nitrogens with zero attached hydrogens (tertiary/aromatic N) is 1. The molecule has 2 aromatic rings. The summed E-state index contributed by atoms with van der Waals surface area (Å²) in [5.74, 6) is -1.05. The Morgan fingerprint density at radius 2 is 1.96 bits per heavy atom. The number of anilines is 2. The first-order valence-electron chi connectivity index (χ1n) is 7.46. The van der Waals surface area contributed by atoms with E-state index < -0.39 is 5.92 Å². The average molecular weight is 312 g/mol. The molecule has 4 nitrogen and oxygen atoms in total. The Hall–Kier alpha value is -2.69. The van der Waals surface area contributed by atoms with Crippen molar-refractivity contribution in [1.82, 2.24) is 0 Å². The number of aryl methyl sites for hydroxylation is 1. The summed E-state index contributed by atoms with van der Waals surface area (Å²) in [5.41, 5.74) is 2.40. The van der Waals surface area contributed by atoms with Gasteiger partial charge in [0.1, 0.15) is 5.82 Å². The molecule has 1 unspecified atom stereocenters. The molecule has 1 aliphatic heterocycles. The number of carbonyl (C=O) groups excluding carboxylic acids is 2. The van der Waals surface area contributed by atoms with Gasteiger partial charge < -0.3 is 10.2 Å². The van der Waals surface area contributed by atoms with Gasteiger partial charge >= 0.3 is 0 Å². The highest BCUT2D eigenvalue weighted by molar-refractivity contribution is 6.03. The Kier molecular flexibility index (Phi) is 4.10. The lowest BCUT2D eigenvalue weighted by Crippen LogP contribution is -2.28. The van der Waals surface area contributed by atoms with Gasteiger partial charge in [-0.15, -0.1) is 0 Å². The number of carbonyl (C=O) groups is 2. The van der Waals surface area contributed by atoms with E-state index in [9.17, 15) is 14.0 Å². The first-order chi connectivity index (χ1) is 11.0. The monoisotopic (exact) mass is 312 g/mol. The van der Waals surface area contributed by atoms with Crippen LogP contribution in [0.3, 0.4) is 0 Å². The normalized spacial score (nSPS) is 17.4. The molecular formula is C18H17FN2O2. The van der Waals surface area contributed by atoms with Crippen LogP contribution < -0.4 is 10.2 Å². The predicted molar refractivity (Wildman–Crippen MR) is 86.7 cm³/mol. The number of amides is 2. The van der Waals surface area contributed by atoms with Crippen LogP contribution in [-0.4, -0.2) is 18.4 Å².